The Balaban J connectivity index is 3.04. The van der Waals surface area contributed by atoms with Gasteiger partial charge in [0.05, 0.1) is 9.37 Å². The molecule has 0 spiro atoms. The summed E-state index contributed by atoms with van der Waals surface area (Å²) in [5.74, 6) is -0.596. The Morgan fingerprint density at radius 3 is 2.33 bits per heavy atom. The molecule has 1 N–H and O–H groups in total. The highest BCUT2D eigenvalue weighted by Gasteiger charge is 2.26. The van der Waals surface area contributed by atoms with Crippen molar-refractivity contribution in [1.82, 2.24) is 4.72 Å². The molecular formula is C12H17BrFNO2S. The Labute approximate surface area is 116 Å². The van der Waals surface area contributed by atoms with E-state index in [0.29, 0.717) is 0 Å². The Kier molecular flexibility index (Phi) is 4.56. The average molecular weight is 338 g/mol. The monoisotopic (exact) mass is 337 g/mol. The molecule has 0 aliphatic heterocycles. The van der Waals surface area contributed by atoms with Gasteiger partial charge in [-0.05, 0) is 46.5 Å². The lowest BCUT2D eigenvalue weighted by molar-refractivity contribution is 0.317. The number of hydrogen-bond donors (Lipinski definition) is 1. The van der Waals surface area contributed by atoms with Gasteiger partial charge in [0.1, 0.15) is 5.82 Å². The van der Waals surface area contributed by atoms with Crippen LogP contribution in [0.15, 0.2) is 27.6 Å². The van der Waals surface area contributed by atoms with Gasteiger partial charge in [-0.25, -0.2) is 17.5 Å². The van der Waals surface area contributed by atoms with Gasteiger partial charge in [0.15, 0.2) is 0 Å². The van der Waals surface area contributed by atoms with Crippen LogP contribution in [0.3, 0.4) is 0 Å². The minimum atomic E-state index is -3.69. The highest BCUT2D eigenvalue weighted by Crippen LogP contribution is 2.23. The summed E-state index contributed by atoms with van der Waals surface area (Å²) in [6.07, 6.45) is 0. The van der Waals surface area contributed by atoms with Crippen molar-refractivity contribution >= 4 is 26.0 Å². The lowest BCUT2D eigenvalue weighted by atomic mass is 9.89. The third-order valence-electron chi connectivity index (χ3n) is 2.83. The summed E-state index contributed by atoms with van der Waals surface area (Å²) in [6, 6.07) is 3.49. The zero-order valence-corrected chi connectivity index (χ0v) is 13.2. The maximum Gasteiger partial charge on any atom is 0.240 e. The second-order valence-corrected chi connectivity index (χ2v) is 7.85. The summed E-state index contributed by atoms with van der Waals surface area (Å²) < 4.78 is 40.3. The van der Waals surface area contributed by atoms with Gasteiger partial charge in [0.25, 0.3) is 0 Å². The van der Waals surface area contributed by atoms with Crippen molar-refractivity contribution < 1.29 is 12.8 Å². The third kappa shape index (κ3) is 3.76. The van der Waals surface area contributed by atoms with E-state index in [1.165, 1.54) is 12.1 Å². The van der Waals surface area contributed by atoms with Crippen LogP contribution in [0.2, 0.25) is 0 Å². The molecule has 3 nitrogen and oxygen atoms in total. The van der Waals surface area contributed by atoms with E-state index in [1.54, 1.807) is 6.92 Å². The second-order valence-electron chi connectivity index (χ2n) is 5.28. The largest absolute Gasteiger partial charge is 0.240 e. The summed E-state index contributed by atoms with van der Waals surface area (Å²) >= 11 is 2.99. The molecule has 0 aliphatic carbocycles. The fourth-order valence-corrected chi connectivity index (χ4v) is 2.83. The molecule has 0 aliphatic rings. The molecule has 0 aromatic heterocycles. The van der Waals surface area contributed by atoms with Crippen LogP contribution < -0.4 is 4.72 Å². The lowest BCUT2D eigenvalue weighted by Crippen LogP contribution is -2.41. The first-order chi connectivity index (χ1) is 8.04. The fourth-order valence-electron chi connectivity index (χ4n) is 1.12. The molecule has 6 heteroatoms. The minimum Gasteiger partial charge on any atom is -0.208 e. The van der Waals surface area contributed by atoms with Crippen LogP contribution in [0.4, 0.5) is 4.39 Å². The van der Waals surface area contributed by atoms with E-state index < -0.39 is 15.8 Å². The number of halogens is 2. The number of sulfonamides is 1. The van der Waals surface area contributed by atoms with Crippen molar-refractivity contribution in [3.05, 3.63) is 28.5 Å². The highest BCUT2D eigenvalue weighted by molar-refractivity contribution is 9.10. The molecule has 0 bridgehead atoms. The SMILES string of the molecule is CC(NS(=O)(=O)c1ccc(Br)c(F)c1)C(C)(C)C. The van der Waals surface area contributed by atoms with Crippen molar-refractivity contribution in [3.63, 3.8) is 0 Å². The van der Waals surface area contributed by atoms with Gasteiger partial charge < -0.3 is 0 Å². The van der Waals surface area contributed by atoms with Crippen molar-refractivity contribution in [2.75, 3.05) is 0 Å². The summed E-state index contributed by atoms with van der Waals surface area (Å²) in [7, 11) is -3.69. The Hall–Kier alpha value is -0.460. The van der Waals surface area contributed by atoms with E-state index >= 15 is 0 Å². The fraction of sp³-hybridized carbons (Fsp3) is 0.500. The maximum absolute atomic E-state index is 13.3. The normalized spacial score (nSPS) is 14.6. The van der Waals surface area contributed by atoms with Crippen LogP contribution in [0.5, 0.6) is 0 Å². The Morgan fingerprint density at radius 1 is 1.33 bits per heavy atom. The summed E-state index contributed by atoms with van der Waals surface area (Å²) in [5, 5.41) is 0. The molecule has 1 aromatic carbocycles. The van der Waals surface area contributed by atoms with Gasteiger partial charge in [-0.2, -0.15) is 0 Å². The summed E-state index contributed by atoms with van der Waals surface area (Å²) in [5.41, 5.74) is -0.207. The third-order valence-corrected chi connectivity index (χ3v) is 5.01. The van der Waals surface area contributed by atoms with E-state index in [0.717, 1.165) is 6.07 Å². The number of nitrogens with one attached hydrogen (secondary N) is 1. The molecule has 0 heterocycles. The number of benzene rings is 1. The number of rotatable bonds is 3. The van der Waals surface area contributed by atoms with E-state index in [9.17, 15) is 12.8 Å². The Morgan fingerprint density at radius 2 is 1.89 bits per heavy atom. The van der Waals surface area contributed by atoms with Crippen LogP contribution in [0, 0.1) is 11.2 Å². The van der Waals surface area contributed by atoms with Crippen LogP contribution in [-0.2, 0) is 10.0 Å². The van der Waals surface area contributed by atoms with Gasteiger partial charge in [0, 0.05) is 6.04 Å². The molecule has 1 unspecified atom stereocenters. The predicted molar refractivity (Wildman–Crippen MR) is 73.3 cm³/mol. The smallest absolute Gasteiger partial charge is 0.208 e. The van der Waals surface area contributed by atoms with Crippen LogP contribution in [0.25, 0.3) is 0 Å². The first kappa shape index (κ1) is 15.6. The second kappa shape index (κ2) is 5.27. The molecule has 0 saturated heterocycles. The molecule has 1 aromatic rings. The first-order valence-electron chi connectivity index (χ1n) is 5.51. The lowest BCUT2D eigenvalue weighted by Gasteiger charge is -2.27. The maximum atomic E-state index is 13.3. The average Bonchev–Trinajstić information content (AvgIpc) is 2.19. The zero-order valence-electron chi connectivity index (χ0n) is 10.8. The van der Waals surface area contributed by atoms with Gasteiger partial charge in [-0.15, -0.1) is 0 Å². The van der Waals surface area contributed by atoms with Gasteiger partial charge in [-0.3, -0.25) is 0 Å². The highest BCUT2D eigenvalue weighted by atomic mass is 79.9. The molecule has 0 fully saturated rings. The molecule has 0 amide bonds. The van der Waals surface area contributed by atoms with E-state index in [-0.39, 0.29) is 20.8 Å². The van der Waals surface area contributed by atoms with E-state index in [4.69, 9.17) is 0 Å². The van der Waals surface area contributed by atoms with Crippen molar-refractivity contribution in [2.24, 2.45) is 5.41 Å². The summed E-state index contributed by atoms with van der Waals surface area (Å²) in [6.45, 7) is 7.58. The van der Waals surface area contributed by atoms with Crippen molar-refractivity contribution in [2.45, 2.75) is 38.6 Å². The predicted octanol–water partition coefficient (Wildman–Crippen LogP) is 3.30. The quantitative estimate of drug-likeness (QED) is 0.919. The zero-order chi connectivity index (χ0) is 14.1. The molecule has 1 atom stereocenters. The van der Waals surface area contributed by atoms with Crippen LogP contribution in [-0.4, -0.2) is 14.5 Å². The molecule has 0 radical (unpaired) electrons. The van der Waals surface area contributed by atoms with E-state index in [2.05, 4.69) is 20.7 Å². The molecule has 18 heavy (non-hydrogen) atoms. The van der Waals surface area contributed by atoms with Crippen LogP contribution >= 0.6 is 15.9 Å². The van der Waals surface area contributed by atoms with Gasteiger partial charge >= 0.3 is 0 Å². The van der Waals surface area contributed by atoms with Crippen LogP contribution in [0.1, 0.15) is 27.7 Å². The molecule has 102 valence electrons. The van der Waals surface area contributed by atoms with E-state index in [1.807, 2.05) is 20.8 Å². The Bertz CT molecular complexity index is 537. The van der Waals surface area contributed by atoms with Crippen molar-refractivity contribution in [1.29, 1.82) is 0 Å². The van der Waals surface area contributed by atoms with Gasteiger partial charge in [0.2, 0.25) is 10.0 Å². The first-order valence-corrected chi connectivity index (χ1v) is 7.79. The summed E-state index contributed by atoms with van der Waals surface area (Å²) in [4.78, 5) is -0.0701. The van der Waals surface area contributed by atoms with Crippen molar-refractivity contribution in [3.8, 4) is 0 Å². The topological polar surface area (TPSA) is 46.2 Å². The van der Waals surface area contributed by atoms with Gasteiger partial charge in [-0.1, -0.05) is 20.8 Å². The molecule has 0 saturated carbocycles. The standard InChI is InChI=1S/C12H17BrFNO2S/c1-8(12(2,3)4)15-18(16,17)9-5-6-10(13)11(14)7-9/h5-8,15H,1-4H3. The molecule has 1 rings (SSSR count). The number of hydrogen-bond acceptors (Lipinski definition) is 2. The molecular weight excluding hydrogens is 321 g/mol. The minimum absolute atomic E-state index is 0.0701.